The fourth-order valence-corrected chi connectivity index (χ4v) is 1.53. The lowest BCUT2D eigenvalue weighted by Crippen LogP contribution is -2.40. The minimum Gasteiger partial charge on any atom is -0.323 e. The molecule has 0 spiro atoms. The zero-order chi connectivity index (χ0) is 13.0. The van der Waals surface area contributed by atoms with Crippen LogP contribution in [0, 0.1) is 11.7 Å². The van der Waals surface area contributed by atoms with E-state index in [2.05, 4.69) is 5.32 Å². The number of rotatable bonds is 4. The fourth-order valence-electron chi connectivity index (χ4n) is 1.32. The van der Waals surface area contributed by atoms with Crippen LogP contribution in [0.5, 0.6) is 0 Å². The summed E-state index contributed by atoms with van der Waals surface area (Å²) in [5.41, 5.74) is 6.14. The molecule has 94 valence electrons. The predicted octanol–water partition coefficient (Wildman–Crippen LogP) is 2.79. The van der Waals surface area contributed by atoms with Crippen molar-refractivity contribution >= 4 is 23.2 Å². The number of hydrogen-bond acceptors (Lipinski definition) is 2. The Morgan fingerprint density at radius 2 is 2.24 bits per heavy atom. The molecule has 1 amide bonds. The number of nitrogens with one attached hydrogen (secondary N) is 1. The summed E-state index contributed by atoms with van der Waals surface area (Å²) in [4.78, 5) is 11.8. The first kappa shape index (κ1) is 13.9. The molecule has 2 atom stereocenters. The van der Waals surface area contributed by atoms with Crippen molar-refractivity contribution in [3.8, 4) is 0 Å². The number of carbonyl (C=O) groups excluding carboxylic acids is 1. The first-order chi connectivity index (χ1) is 7.95. The molecule has 0 aliphatic rings. The third-order valence-electron chi connectivity index (χ3n) is 2.75. The molecule has 0 heterocycles. The van der Waals surface area contributed by atoms with E-state index in [9.17, 15) is 9.18 Å². The highest BCUT2D eigenvalue weighted by atomic mass is 35.5. The van der Waals surface area contributed by atoms with Crippen molar-refractivity contribution in [2.45, 2.75) is 26.3 Å². The van der Waals surface area contributed by atoms with E-state index in [1.807, 2.05) is 13.8 Å². The Balaban J connectivity index is 2.74. The maximum Gasteiger partial charge on any atom is 0.241 e. The summed E-state index contributed by atoms with van der Waals surface area (Å²) in [6.07, 6.45) is 0.811. The average molecular weight is 259 g/mol. The summed E-state index contributed by atoms with van der Waals surface area (Å²) in [6, 6.07) is 3.20. The van der Waals surface area contributed by atoms with E-state index < -0.39 is 11.9 Å². The standard InChI is InChI=1S/C12H16ClFN2O/c1-3-7(2)11(15)12(17)16-10-5-4-8(14)6-9(10)13/h4-7,11H,3,15H2,1-2H3,(H,16,17). The second kappa shape index (κ2) is 5.98. The summed E-state index contributed by atoms with van der Waals surface area (Å²) in [6.45, 7) is 3.86. The van der Waals surface area contributed by atoms with Crippen molar-refractivity contribution in [1.82, 2.24) is 0 Å². The summed E-state index contributed by atoms with van der Waals surface area (Å²) >= 11 is 5.80. The fraction of sp³-hybridized carbons (Fsp3) is 0.417. The Hall–Kier alpha value is -1.13. The van der Waals surface area contributed by atoms with Crippen molar-refractivity contribution in [1.29, 1.82) is 0 Å². The van der Waals surface area contributed by atoms with Gasteiger partial charge in [0.25, 0.3) is 0 Å². The van der Waals surface area contributed by atoms with Gasteiger partial charge in [0.2, 0.25) is 5.91 Å². The Bertz CT molecular complexity index is 411. The molecule has 0 aliphatic heterocycles. The minimum absolute atomic E-state index is 0.0780. The second-order valence-corrected chi connectivity index (χ2v) is 4.43. The Morgan fingerprint density at radius 1 is 1.59 bits per heavy atom. The highest BCUT2D eigenvalue weighted by Gasteiger charge is 2.20. The minimum atomic E-state index is -0.596. The van der Waals surface area contributed by atoms with Crippen molar-refractivity contribution in [3.63, 3.8) is 0 Å². The van der Waals surface area contributed by atoms with Gasteiger partial charge >= 0.3 is 0 Å². The lowest BCUT2D eigenvalue weighted by atomic mass is 9.99. The third kappa shape index (κ3) is 3.68. The molecule has 5 heteroatoms. The molecule has 0 bridgehead atoms. The first-order valence-corrected chi connectivity index (χ1v) is 5.85. The third-order valence-corrected chi connectivity index (χ3v) is 3.06. The maximum atomic E-state index is 12.8. The van der Waals surface area contributed by atoms with Crippen molar-refractivity contribution in [3.05, 3.63) is 29.0 Å². The molecule has 2 unspecified atom stereocenters. The molecule has 3 N–H and O–H groups in total. The Kier molecular flexibility index (Phi) is 4.90. The van der Waals surface area contributed by atoms with E-state index in [4.69, 9.17) is 17.3 Å². The normalized spacial score (nSPS) is 14.2. The monoisotopic (exact) mass is 258 g/mol. The summed E-state index contributed by atoms with van der Waals surface area (Å²) in [5.74, 6) is -0.679. The van der Waals surface area contributed by atoms with Crippen molar-refractivity contribution < 1.29 is 9.18 Å². The zero-order valence-corrected chi connectivity index (χ0v) is 10.6. The van der Waals surface area contributed by atoms with Crippen LogP contribution in [0.4, 0.5) is 10.1 Å². The van der Waals surface area contributed by atoms with E-state index in [-0.39, 0.29) is 16.8 Å². The van der Waals surface area contributed by atoms with Crippen LogP contribution in [-0.2, 0) is 4.79 Å². The summed E-state index contributed by atoms with van der Waals surface area (Å²) in [5, 5.41) is 2.75. The van der Waals surface area contributed by atoms with Gasteiger partial charge in [0.15, 0.2) is 0 Å². The SMILES string of the molecule is CCC(C)C(N)C(=O)Nc1ccc(F)cc1Cl. The van der Waals surface area contributed by atoms with Crippen LogP contribution in [-0.4, -0.2) is 11.9 Å². The summed E-state index contributed by atoms with van der Waals surface area (Å²) < 4.78 is 12.8. The smallest absolute Gasteiger partial charge is 0.241 e. The van der Waals surface area contributed by atoms with Crippen LogP contribution < -0.4 is 11.1 Å². The molecule has 1 rings (SSSR count). The first-order valence-electron chi connectivity index (χ1n) is 5.47. The molecular formula is C12H16ClFN2O. The maximum absolute atomic E-state index is 12.8. The van der Waals surface area contributed by atoms with Gasteiger partial charge in [-0.15, -0.1) is 0 Å². The quantitative estimate of drug-likeness (QED) is 0.873. The predicted molar refractivity (Wildman–Crippen MR) is 67.5 cm³/mol. The molecule has 17 heavy (non-hydrogen) atoms. The highest BCUT2D eigenvalue weighted by Crippen LogP contribution is 2.22. The highest BCUT2D eigenvalue weighted by molar-refractivity contribution is 6.33. The number of halogens is 2. The van der Waals surface area contributed by atoms with E-state index in [1.165, 1.54) is 12.1 Å². The van der Waals surface area contributed by atoms with Crippen LogP contribution in [0.25, 0.3) is 0 Å². The van der Waals surface area contributed by atoms with Gasteiger partial charge in [-0.05, 0) is 24.1 Å². The van der Waals surface area contributed by atoms with Crippen LogP contribution in [0.1, 0.15) is 20.3 Å². The second-order valence-electron chi connectivity index (χ2n) is 4.02. The zero-order valence-electron chi connectivity index (χ0n) is 9.84. The van der Waals surface area contributed by atoms with Gasteiger partial charge in [-0.3, -0.25) is 4.79 Å². The molecule has 0 saturated heterocycles. The molecule has 0 saturated carbocycles. The largest absolute Gasteiger partial charge is 0.323 e. The molecule has 0 aromatic heterocycles. The molecule has 0 aliphatic carbocycles. The van der Waals surface area contributed by atoms with Gasteiger partial charge in [-0.25, -0.2) is 4.39 Å². The number of anilines is 1. The molecule has 1 aromatic rings. The topological polar surface area (TPSA) is 55.1 Å². The van der Waals surface area contributed by atoms with Crippen LogP contribution in [0.15, 0.2) is 18.2 Å². The van der Waals surface area contributed by atoms with Crippen LogP contribution >= 0.6 is 11.6 Å². The molecule has 0 radical (unpaired) electrons. The van der Waals surface area contributed by atoms with E-state index in [1.54, 1.807) is 0 Å². The van der Waals surface area contributed by atoms with Crippen molar-refractivity contribution in [2.24, 2.45) is 11.7 Å². The number of amides is 1. The number of benzene rings is 1. The molecular weight excluding hydrogens is 243 g/mol. The Morgan fingerprint density at radius 3 is 2.76 bits per heavy atom. The van der Waals surface area contributed by atoms with Gasteiger partial charge < -0.3 is 11.1 Å². The van der Waals surface area contributed by atoms with E-state index >= 15 is 0 Å². The van der Waals surface area contributed by atoms with Gasteiger partial charge in [0.1, 0.15) is 5.82 Å². The van der Waals surface area contributed by atoms with Gasteiger partial charge in [-0.2, -0.15) is 0 Å². The average Bonchev–Trinajstić information content (AvgIpc) is 2.30. The molecule has 0 fully saturated rings. The number of carbonyl (C=O) groups is 1. The molecule has 3 nitrogen and oxygen atoms in total. The van der Waals surface area contributed by atoms with Gasteiger partial charge in [-0.1, -0.05) is 31.9 Å². The van der Waals surface area contributed by atoms with Crippen molar-refractivity contribution in [2.75, 3.05) is 5.32 Å². The Labute approximate surface area is 105 Å². The van der Waals surface area contributed by atoms with Crippen LogP contribution in [0.3, 0.4) is 0 Å². The number of hydrogen-bond donors (Lipinski definition) is 2. The molecule has 1 aromatic carbocycles. The van der Waals surface area contributed by atoms with Gasteiger partial charge in [0.05, 0.1) is 16.8 Å². The lowest BCUT2D eigenvalue weighted by Gasteiger charge is -2.18. The van der Waals surface area contributed by atoms with Gasteiger partial charge in [0, 0.05) is 0 Å². The summed E-state index contributed by atoms with van der Waals surface area (Å²) in [7, 11) is 0. The van der Waals surface area contributed by atoms with E-state index in [0.29, 0.717) is 5.69 Å². The number of nitrogens with two attached hydrogens (primary N) is 1. The van der Waals surface area contributed by atoms with Crippen LogP contribution in [0.2, 0.25) is 5.02 Å². The lowest BCUT2D eigenvalue weighted by molar-refractivity contribution is -0.118. The van der Waals surface area contributed by atoms with E-state index in [0.717, 1.165) is 12.5 Å².